The first-order chi connectivity index (χ1) is 10.5. The van der Waals surface area contributed by atoms with Gasteiger partial charge in [-0.2, -0.15) is 0 Å². The minimum absolute atomic E-state index is 0.0752. The first-order valence-corrected chi connectivity index (χ1v) is 7.91. The van der Waals surface area contributed by atoms with Gasteiger partial charge in [0.1, 0.15) is 5.75 Å². The van der Waals surface area contributed by atoms with Crippen LogP contribution >= 0.6 is 23.2 Å². The van der Waals surface area contributed by atoms with Gasteiger partial charge in [0.05, 0.1) is 24.8 Å². The zero-order chi connectivity index (χ0) is 16.0. The summed E-state index contributed by atoms with van der Waals surface area (Å²) in [5, 5.41) is 6.68. The van der Waals surface area contributed by atoms with Crippen molar-refractivity contribution in [2.75, 3.05) is 32.9 Å². The van der Waals surface area contributed by atoms with E-state index in [1.165, 1.54) is 0 Å². The smallest absolute Gasteiger partial charge is 0.314 e. The number of carbonyl (C=O) groups is 1. The molecule has 1 aromatic carbocycles. The van der Waals surface area contributed by atoms with E-state index in [0.29, 0.717) is 55.1 Å². The Bertz CT molecular complexity index is 522. The van der Waals surface area contributed by atoms with E-state index in [9.17, 15) is 4.79 Å². The topological polar surface area (TPSA) is 59.6 Å². The predicted molar refractivity (Wildman–Crippen MR) is 86.9 cm³/mol. The molecule has 0 aromatic heterocycles. The third-order valence-corrected chi connectivity index (χ3v) is 3.87. The van der Waals surface area contributed by atoms with Crippen LogP contribution in [0, 0.1) is 5.41 Å². The van der Waals surface area contributed by atoms with Crippen molar-refractivity contribution < 1.29 is 14.3 Å². The van der Waals surface area contributed by atoms with Gasteiger partial charge in [0.15, 0.2) is 0 Å². The normalized spacial score (nSPS) is 15.8. The van der Waals surface area contributed by atoms with Gasteiger partial charge in [0, 0.05) is 23.5 Å². The molecule has 22 heavy (non-hydrogen) atoms. The van der Waals surface area contributed by atoms with Crippen LogP contribution in [0.25, 0.3) is 0 Å². The maximum atomic E-state index is 11.6. The Morgan fingerprint density at radius 1 is 1.36 bits per heavy atom. The van der Waals surface area contributed by atoms with Gasteiger partial charge in [-0.25, -0.2) is 4.79 Å². The molecule has 1 aliphatic rings. The van der Waals surface area contributed by atoms with Gasteiger partial charge in [0.25, 0.3) is 0 Å². The van der Waals surface area contributed by atoms with E-state index in [1.54, 1.807) is 18.2 Å². The Morgan fingerprint density at radius 2 is 2.14 bits per heavy atom. The van der Waals surface area contributed by atoms with Gasteiger partial charge < -0.3 is 20.1 Å². The number of urea groups is 1. The van der Waals surface area contributed by atoms with Crippen molar-refractivity contribution in [3.8, 4) is 5.75 Å². The fourth-order valence-electron chi connectivity index (χ4n) is 1.96. The number of hydrogen-bond acceptors (Lipinski definition) is 3. The molecular formula is C15H20Cl2N2O3. The highest BCUT2D eigenvalue weighted by Gasteiger charge is 2.33. The Morgan fingerprint density at radius 3 is 2.77 bits per heavy atom. The van der Waals surface area contributed by atoms with Crippen molar-refractivity contribution in [3.63, 3.8) is 0 Å². The molecule has 1 saturated heterocycles. The summed E-state index contributed by atoms with van der Waals surface area (Å²) < 4.78 is 10.7. The number of benzene rings is 1. The minimum Gasteiger partial charge on any atom is -0.492 e. The van der Waals surface area contributed by atoms with Gasteiger partial charge in [0.2, 0.25) is 0 Å². The van der Waals surface area contributed by atoms with Crippen molar-refractivity contribution in [1.82, 2.24) is 10.6 Å². The number of rotatable bonds is 7. The third kappa shape index (κ3) is 5.23. The number of amides is 2. The summed E-state index contributed by atoms with van der Waals surface area (Å²) in [6.45, 7) is 5.10. The van der Waals surface area contributed by atoms with Crippen molar-refractivity contribution >= 4 is 29.2 Å². The van der Waals surface area contributed by atoms with Crippen LogP contribution in [0.5, 0.6) is 5.75 Å². The quantitative estimate of drug-likeness (QED) is 0.745. The van der Waals surface area contributed by atoms with E-state index in [1.807, 2.05) is 0 Å². The summed E-state index contributed by atoms with van der Waals surface area (Å²) in [7, 11) is 0. The van der Waals surface area contributed by atoms with E-state index in [2.05, 4.69) is 17.6 Å². The fourth-order valence-corrected chi connectivity index (χ4v) is 2.42. The van der Waals surface area contributed by atoms with E-state index < -0.39 is 0 Å². The first-order valence-electron chi connectivity index (χ1n) is 7.16. The molecule has 0 bridgehead atoms. The largest absolute Gasteiger partial charge is 0.492 e. The fraction of sp³-hybridized carbons (Fsp3) is 0.533. The molecule has 1 fully saturated rings. The summed E-state index contributed by atoms with van der Waals surface area (Å²) in [5.41, 5.74) is 0.0752. The van der Waals surface area contributed by atoms with Gasteiger partial charge in [-0.15, -0.1) is 0 Å². The molecule has 0 aliphatic carbocycles. The van der Waals surface area contributed by atoms with E-state index in [-0.39, 0.29) is 11.4 Å². The highest BCUT2D eigenvalue weighted by Crippen LogP contribution is 2.27. The van der Waals surface area contributed by atoms with Crippen LogP contribution in [0.2, 0.25) is 10.0 Å². The van der Waals surface area contributed by atoms with Crippen LogP contribution in [-0.4, -0.2) is 38.9 Å². The zero-order valence-electron chi connectivity index (χ0n) is 12.5. The van der Waals surface area contributed by atoms with Crippen LogP contribution < -0.4 is 15.4 Å². The highest BCUT2D eigenvalue weighted by atomic mass is 35.5. The van der Waals surface area contributed by atoms with E-state index in [4.69, 9.17) is 32.7 Å². The molecule has 0 saturated carbocycles. The van der Waals surface area contributed by atoms with Gasteiger partial charge in [-0.05, 0) is 24.6 Å². The monoisotopic (exact) mass is 346 g/mol. The molecule has 0 spiro atoms. The number of nitrogens with one attached hydrogen (secondary N) is 2. The van der Waals surface area contributed by atoms with Gasteiger partial charge >= 0.3 is 6.03 Å². The molecular weight excluding hydrogens is 327 g/mol. The molecule has 1 aromatic rings. The summed E-state index contributed by atoms with van der Waals surface area (Å²) in [6.07, 6.45) is 0.687. The SMILES string of the molecule is CC1(CNC(=O)NCCCOc2ccc(Cl)cc2Cl)COC1. The van der Waals surface area contributed by atoms with E-state index in [0.717, 1.165) is 0 Å². The molecule has 7 heteroatoms. The average molecular weight is 347 g/mol. The number of carbonyl (C=O) groups excluding carboxylic acids is 1. The van der Waals surface area contributed by atoms with Gasteiger partial charge in [-0.3, -0.25) is 0 Å². The van der Waals surface area contributed by atoms with Crippen LogP contribution in [0.3, 0.4) is 0 Å². The lowest BCUT2D eigenvalue weighted by Crippen LogP contribution is -2.50. The maximum absolute atomic E-state index is 11.6. The predicted octanol–water partition coefficient (Wildman–Crippen LogP) is 3.10. The number of ether oxygens (including phenoxy) is 2. The standard InChI is InChI=1S/C15H20Cl2N2O3/c1-15(9-21-10-15)8-19-14(20)18-5-2-6-22-13-4-3-11(16)7-12(13)17/h3-4,7H,2,5-6,8-10H2,1H3,(H2,18,19,20). The van der Waals surface area contributed by atoms with E-state index >= 15 is 0 Å². The summed E-state index contributed by atoms with van der Waals surface area (Å²) >= 11 is 11.8. The van der Waals surface area contributed by atoms with Crippen LogP contribution in [-0.2, 0) is 4.74 Å². The lowest BCUT2D eigenvalue weighted by molar-refractivity contribution is -0.0975. The number of halogens is 2. The molecule has 2 amide bonds. The van der Waals surface area contributed by atoms with Crippen LogP contribution in [0.4, 0.5) is 4.79 Å². The Hall–Kier alpha value is -1.17. The van der Waals surface area contributed by atoms with Crippen molar-refractivity contribution in [3.05, 3.63) is 28.2 Å². The second kappa shape index (κ2) is 7.90. The second-order valence-electron chi connectivity index (χ2n) is 5.69. The maximum Gasteiger partial charge on any atom is 0.314 e. The van der Waals surface area contributed by atoms with Crippen molar-refractivity contribution in [1.29, 1.82) is 0 Å². The summed E-state index contributed by atoms with van der Waals surface area (Å²) in [6, 6.07) is 4.91. The summed E-state index contributed by atoms with van der Waals surface area (Å²) in [5.74, 6) is 0.591. The molecule has 1 heterocycles. The van der Waals surface area contributed by atoms with Crippen LogP contribution in [0.1, 0.15) is 13.3 Å². The zero-order valence-corrected chi connectivity index (χ0v) is 14.0. The molecule has 2 N–H and O–H groups in total. The molecule has 0 unspecified atom stereocenters. The lowest BCUT2D eigenvalue weighted by atomic mass is 9.89. The molecule has 5 nitrogen and oxygen atoms in total. The molecule has 1 aliphatic heterocycles. The van der Waals surface area contributed by atoms with Crippen LogP contribution in [0.15, 0.2) is 18.2 Å². The van der Waals surface area contributed by atoms with Crippen molar-refractivity contribution in [2.45, 2.75) is 13.3 Å². The lowest BCUT2D eigenvalue weighted by Gasteiger charge is -2.37. The van der Waals surface area contributed by atoms with Crippen molar-refractivity contribution in [2.24, 2.45) is 5.41 Å². The Kier molecular flexibility index (Phi) is 6.17. The average Bonchev–Trinajstić information content (AvgIpc) is 2.44. The first kappa shape index (κ1) is 17.2. The third-order valence-electron chi connectivity index (χ3n) is 3.33. The second-order valence-corrected chi connectivity index (χ2v) is 6.53. The number of hydrogen-bond donors (Lipinski definition) is 2. The molecule has 2 rings (SSSR count). The molecule has 122 valence electrons. The van der Waals surface area contributed by atoms with Gasteiger partial charge in [-0.1, -0.05) is 30.1 Å². The highest BCUT2D eigenvalue weighted by molar-refractivity contribution is 6.35. The molecule has 0 atom stereocenters. The summed E-state index contributed by atoms with van der Waals surface area (Å²) in [4.78, 5) is 11.6. The minimum atomic E-state index is -0.169. The Labute approximate surface area is 140 Å². The Balaban J connectivity index is 1.56. The molecule has 0 radical (unpaired) electrons.